The number of hydrogen-bond acceptors (Lipinski definition) is 2. The number of rotatable bonds is 4. The van der Waals surface area contributed by atoms with Crippen molar-refractivity contribution in [3.8, 4) is 0 Å². The molecule has 0 saturated heterocycles. The van der Waals surface area contributed by atoms with E-state index in [1.165, 1.54) is 31.2 Å². The highest BCUT2D eigenvalue weighted by molar-refractivity contribution is 6.09. The Labute approximate surface area is 130 Å². The summed E-state index contributed by atoms with van der Waals surface area (Å²) in [6.07, 6.45) is -4.45. The van der Waals surface area contributed by atoms with Gasteiger partial charge < -0.3 is 5.11 Å². The number of ketones is 1. The molecule has 0 aliphatic heterocycles. The first-order valence-corrected chi connectivity index (χ1v) is 6.75. The Hall–Kier alpha value is -2.63. The molecule has 120 valence electrons. The lowest BCUT2D eigenvalue weighted by molar-refractivity contribution is -0.138. The summed E-state index contributed by atoms with van der Waals surface area (Å²) in [5.41, 5.74) is 0.143. The molecule has 0 spiro atoms. The van der Waals surface area contributed by atoms with Gasteiger partial charge in [-0.15, -0.1) is 0 Å². The van der Waals surface area contributed by atoms with Crippen molar-refractivity contribution in [2.75, 3.05) is 0 Å². The summed E-state index contributed by atoms with van der Waals surface area (Å²) in [6.45, 7) is 1.52. The van der Waals surface area contributed by atoms with E-state index in [2.05, 4.69) is 0 Å². The summed E-state index contributed by atoms with van der Waals surface area (Å²) in [5.74, 6) is -2.11. The van der Waals surface area contributed by atoms with Crippen LogP contribution in [0.5, 0.6) is 0 Å². The van der Waals surface area contributed by atoms with Gasteiger partial charge in [-0.05, 0) is 24.6 Å². The predicted octanol–water partition coefficient (Wildman–Crippen LogP) is 4.12. The van der Waals surface area contributed by atoms with Gasteiger partial charge in [-0.3, -0.25) is 9.59 Å². The first-order chi connectivity index (χ1) is 10.7. The molecule has 0 radical (unpaired) electrons. The number of carbonyl (C=O) groups is 2. The van der Waals surface area contributed by atoms with Crippen LogP contribution in [0.3, 0.4) is 0 Å². The Kier molecular flexibility index (Phi) is 4.54. The zero-order valence-electron chi connectivity index (χ0n) is 12.1. The van der Waals surface area contributed by atoms with E-state index in [4.69, 9.17) is 5.11 Å². The summed E-state index contributed by atoms with van der Waals surface area (Å²) in [5, 5.41) is 8.92. The van der Waals surface area contributed by atoms with E-state index in [1.54, 1.807) is 0 Å². The van der Waals surface area contributed by atoms with Crippen molar-refractivity contribution < 1.29 is 27.9 Å². The highest BCUT2D eigenvalue weighted by atomic mass is 19.4. The number of hydrogen-bond donors (Lipinski definition) is 1. The van der Waals surface area contributed by atoms with Crippen molar-refractivity contribution >= 4 is 11.8 Å². The number of carboxylic acid groups (broad SMARTS) is 1. The molecule has 0 saturated carbocycles. The van der Waals surface area contributed by atoms with E-state index in [0.29, 0.717) is 5.56 Å². The van der Waals surface area contributed by atoms with Crippen molar-refractivity contribution in [2.24, 2.45) is 0 Å². The molecule has 0 aromatic heterocycles. The van der Waals surface area contributed by atoms with Crippen molar-refractivity contribution in [2.45, 2.75) is 19.0 Å². The van der Waals surface area contributed by atoms with Crippen molar-refractivity contribution in [3.63, 3.8) is 0 Å². The van der Waals surface area contributed by atoms with Crippen LogP contribution >= 0.6 is 0 Å². The number of halogens is 3. The molecule has 0 fully saturated rings. The van der Waals surface area contributed by atoms with Gasteiger partial charge >= 0.3 is 12.1 Å². The minimum atomic E-state index is -4.45. The topological polar surface area (TPSA) is 54.4 Å². The Balaban J connectivity index is 2.22. The minimum absolute atomic E-state index is 0.136. The second-order valence-corrected chi connectivity index (χ2v) is 5.09. The summed E-state index contributed by atoms with van der Waals surface area (Å²) in [7, 11) is 0. The lowest BCUT2D eigenvalue weighted by atomic mass is 9.97. The van der Waals surface area contributed by atoms with Crippen LogP contribution in [0.4, 0.5) is 13.2 Å². The lowest BCUT2D eigenvalue weighted by Crippen LogP contribution is -2.08. The molecular weight excluding hydrogens is 309 g/mol. The van der Waals surface area contributed by atoms with Crippen LogP contribution < -0.4 is 0 Å². The Morgan fingerprint density at radius 1 is 0.913 bits per heavy atom. The maximum Gasteiger partial charge on any atom is 0.416 e. The Morgan fingerprint density at radius 3 is 1.74 bits per heavy atom. The van der Waals surface area contributed by atoms with Crippen LogP contribution in [-0.4, -0.2) is 16.9 Å². The zero-order chi connectivity index (χ0) is 17.2. The van der Waals surface area contributed by atoms with Gasteiger partial charge in [0.1, 0.15) is 0 Å². The number of alkyl halides is 3. The van der Waals surface area contributed by atoms with Crippen LogP contribution in [0.1, 0.15) is 39.9 Å². The molecule has 3 nitrogen and oxygen atoms in total. The fraction of sp³-hybridized carbons (Fsp3) is 0.176. The predicted molar refractivity (Wildman–Crippen MR) is 77.4 cm³/mol. The minimum Gasteiger partial charge on any atom is -0.481 e. The average Bonchev–Trinajstić information content (AvgIpc) is 2.53. The van der Waals surface area contributed by atoms with Gasteiger partial charge in [0.2, 0.25) is 0 Å². The molecule has 0 heterocycles. The second-order valence-electron chi connectivity index (χ2n) is 5.09. The lowest BCUT2D eigenvalue weighted by Gasteiger charge is -2.09. The summed E-state index contributed by atoms with van der Waals surface area (Å²) < 4.78 is 37.5. The Bertz CT molecular complexity index is 716. The van der Waals surface area contributed by atoms with Gasteiger partial charge in [-0.25, -0.2) is 0 Å². The molecule has 2 aromatic rings. The fourth-order valence-electron chi connectivity index (χ4n) is 2.04. The van der Waals surface area contributed by atoms with Crippen LogP contribution in [0.2, 0.25) is 0 Å². The van der Waals surface area contributed by atoms with Crippen molar-refractivity contribution in [1.82, 2.24) is 0 Å². The first-order valence-electron chi connectivity index (χ1n) is 6.75. The molecule has 2 rings (SSSR count). The van der Waals surface area contributed by atoms with E-state index >= 15 is 0 Å². The summed E-state index contributed by atoms with van der Waals surface area (Å²) in [4.78, 5) is 23.1. The molecular formula is C17H13F3O3. The molecule has 1 unspecified atom stereocenters. The number of aliphatic carboxylic acids is 1. The van der Waals surface area contributed by atoms with E-state index in [0.717, 1.165) is 24.3 Å². The van der Waals surface area contributed by atoms with Crippen molar-refractivity contribution in [1.29, 1.82) is 0 Å². The SMILES string of the molecule is CC(C(=O)O)c1ccc(C(=O)c2ccc(C(F)(F)F)cc2)cc1. The van der Waals surface area contributed by atoms with Gasteiger partial charge in [-0.2, -0.15) is 13.2 Å². The third-order valence-electron chi connectivity index (χ3n) is 3.52. The summed E-state index contributed by atoms with van der Waals surface area (Å²) >= 11 is 0. The molecule has 0 aliphatic carbocycles. The smallest absolute Gasteiger partial charge is 0.416 e. The monoisotopic (exact) mass is 322 g/mol. The number of benzene rings is 2. The molecule has 0 aliphatic rings. The zero-order valence-corrected chi connectivity index (χ0v) is 12.1. The molecule has 2 aromatic carbocycles. The van der Waals surface area contributed by atoms with E-state index < -0.39 is 29.4 Å². The standard InChI is InChI=1S/C17H13F3O3/c1-10(16(22)23)11-2-4-12(5-3-11)15(21)13-6-8-14(9-7-13)17(18,19)20/h2-10H,1H3,(H,22,23). The molecule has 0 amide bonds. The maximum atomic E-state index is 12.5. The molecule has 1 atom stereocenters. The maximum absolute atomic E-state index is 12.5. The van der Waals surface area contributed by atoms with Gasteiger partial charge in [0.05, 0.1) is 11.5 Å². The van der Waals surface area contributed by atoms with Gasteiger partial charge in [0.15, 0.2) is 5.78 Å². The molecule has 6 heteroatoms. The Morgan fingerprint density at radius 2 is 1.35 bits per heavy atom. The normalized spacial score (nSPS) is 12.7. The van der Waals surface area contributed by atoms with Crippen LogP contribution in [0, 0.1) is 0 Å². The first kappa shape index (κ1) is 16.7. The van der Waals surface area contributed by atoms with Crippen LogP contribution in [-0.2, 0) is 11.0 Å². The number of carboxylic acids is 1. The summed E-state index contributed by atoms with van der Waals surface area (Å²) in [6, 6.07) is 9.94. The average molecular weight is 322 g/mol. The van der Waals surface area contributed by atoms with Crippen LogP contribution in [0.15, 0.2) is 48.5 Å². The highest BCUT2D eigenvalue weighted by Gasteiger charge is 2.30. The third-order valence-corrected chi connectivity index (χ3v) is 3.52. The highest BCUT2D eigenvalue weighted by Crippen LogP contribution is 2.29. The van der Waals surface area contributed by atoms with E-state index in [1.807, 2.05) is 0 Å². The van der Waals surface area contributed by atoms with Crippen molar-refractivity contribution in [3.05, 3.63) is 70.8 Å². The largest absolute Gasteiger partial charge is 0.481 e. The molecule has 23 heavy (non-hydrogen) atoms. The fourth-order valence-corrected chi connectivity index (χ4v) is 2.04. The third kappa shape index (κ3) is 3.77. The van der Waals surface area contributed by atoms with E-state index in [-0.39, 0.29) is 11.1 Å². The van der Waals surface area contributed by atoms with E-state index in [9.17, 15) is 22.8 Å². The second kappa shape index (κ2) is 6.24. The molecule has 1 N–H and O–H groups in total. The van der Waals surface area contributed by atoms with Gasteiger partial charge in [0, 0.05) is 11.1 Å². The van der Waals surface area contributed by atoms with Gasteiger partial charge in [-0.1, -0.05) is 36.4 Å². The van der Waals surface area contributed by atoms with Crippen LogP contribution in [0.25, 0.3) is 0 Å². The number of carbonyl (C=O) groups excluding carboxylic acids is 1. The quantitative estimate of drug-likeness (QED) is 0.861. The van der Waals surface area contributed by atoms with Gasteiger partial charge in [0.25, 0.3) is 0 Å². The molecule has 0 bridgehead atoms.